The summed E-state index contributed by atoms with van der Waals surface area (Å²) >= 11 is 0. The number of benzene rings is 2. The van der Waals surface area contributed by atoms with Gasteiger partial charge in [-0.1, -0.05) is 30.3 Å². The van der Waals surface area contributed by atoms with Crippen LogP contribution in [0.2, 0.25) is 0 Å². The van der Waals surface area contributed by atoms with Crippen LogP contribution in [0.15, 0.2) is 54.6 Å². The third-order valence-corrected chi connectivity index (χ3v) is 2.33. The van der Waals surface area contributed by atoms with Gasteiger partial charge in [0.25, 0.3) is 0 Å². The average molecular weight is 258 g/mol. The van der Waals surface area contributed by atoms with Crippen molar-refractivity contribution in [1.29, 1.82) is 0 Å². The first kappa shape index (κ1) is 12.6. The number of carbonyl (C=O) groups excluding carboxylic acids is 1. The maximum atomic E-state index is 11.6. The molecule has 0 aliphatic rings. The van der Waals surface area contributed by atoms with Crippen molar-refractivity contribution in [2.24, 2.45) is 0 Å². The number of para-hydroxylation sites is 1. The van der Waals surface area contributed by atoms with E-state index in [4.69, 9.17) is 9.99 Å². The molecule has 0 heterocycles. The molecule has 0 fully saturated rings. The summed E-state index contributed by atoms with van der Waals surface area (Å²) in [5.74, 6) is -1.88. The number of rotatable bonds is 4. The van der Waals surface area contributed by atoms with Crippen molar-refractivity contribution >= 4 is 11.9 Å². The number of carboxylic acids is 1. The molecule has 0 aliphatic carbocycles. The quantitative estimate of drug-likeness (QED) is 0.673. The lowest BCUT2D eigenvalue weighted by atomic mass is 10.2. The van der Waals surface area contributed by atoms with Gasteiger partial charge >= 0.3 is 11.9 Å². The zero-order chi connectivity index (χ0) is 13.7. The van der Waals surface area contributed by atoms with Crippen LogP contribution in [0.5, 0.6) is 5.75 Å². The first-order valence-electron chi connectivity index (χ1n) is 5.44. The first-order valence-corrected chi connectivity index (χ1v) is 5.44. The standard InChI is InChI=1S/C14H10O5/c15-13(16)11-8-4-5-9-12(11)18-19-14(17)10-6-2-1-3-7-10/h1-9H,(H,15,16). The minimum atomic E-state index is -1.16. The van der Waals surface area contributed by atoms with Gasteiger partial charge in [-0.15, -0.1) is 0 Å². The average Bonchev–Trinajstić information content (AvgIpc) is 2.46. The zero-order valence-corrected chi connectivity index (χ0v) is 9.78. The highest BCUT2D eigenvalue weighted by molar-refractivity contribution is 5.91. The summed E-state index contributed by atoms with van der Waals surface area (Å²) < 4.78 is 0. The molecule has 1 N–H and O–H groups in total. The Kier molecular flexibility index (Phi) is 3.78. The van der Waals surface area contributed by atoms with Gasteiger partial charge in [-0.05, 0) is 24.3 Å². The molecule has 0 aromatic heterocycles. The fourth-order valence-corrected chi connectivity index (χ4v) is 1.42. The Hall–Kier alpha value is -2.82. The van der Waals surface area contributed by atoms with Crippen molar-refractivity contribution in [3.63, 3.8) is 0 Å². The minimum absolute atomic E-state index is 0.0284. The highest BCUT2D eigenvalue weighted by Gasteiger charge is 2.14. The highest BCUT2D eigenvalue weighted by atomic mass is 17.2. The molecule has 2 rings (SSSR count). The van der Waals surface area contributed by atoms with Crippen molar-refractivity contribution in [2.45, 2.75) is 0 Å². The zero-order valence-electron chi connectivity index (χ0n) is 9.78. The van der Waals surface area contributed by atoms with Gasteiger partial charge in [0, 0.05) is 0 Å². The van der Waals surface area contributed by atoms with Gasteiger partial charge in [0.15, 0.2) is 5.75 Å². The number of hydrogen-bond donors (Lipinski definition) is 1. The van der Waals surface area contributed by atoms with Crippen LogP contribution in [-0.2, 0) is 4.89 Å². The Labute approximate surface area is 108 Å². The van der Waals surface area contributed by atoms with E-state index in [-0.39, 0.29) is 11.3 Å². The third-order valence-electron chi connectivity index (χ3n) is 2.33. The molecule has 0 aliphatic heterocycles. The molecule has 96 valence electrons. The summed E-state index contributed by atoms with van der Waals surface area (Å²) in [4.78, 5) is 31.9. The monoisotopic (exact) mass is 258 g/mol. The summed E-state index contributed by atoms with van der Waals surface area (Å²) in [5.41, 5.74) is 0.235. The van der Waals surface area contributed by atoms with Gasteiger partial charge in [-0.3, -0.25) is 4.89 Å². The van der Waals surface area contributed by atoms with E-state index in [0.29, 0.717) is 5.56 Å². The summed E-state index contributed by atoms with van der Waals surface area (Å²) in [6, 6.07) is 14.1. The van der Waals surface area contributed by atoms with E-state index in [9.17, 15) is 9.59 Å². The number of carbonyl (C=O) groups is 2. The maximum Gasteiger partial charge on any atom is 0.386 e. The van der Waals surface area contributed by atoms with E-state index in [0.717, 1.165) is 0 Å². The number of carboxylic acid groups (broad SMARTS) is 1. The number of aromatic carboxylic acids is 1. The largest absolute Gasteiger partial charge is 0.478 e. The van der Waals surface area contributed by atoms with Crippen molar-refractivity contribution in [3.05, 3.63) is 65.7 Å². The molecule has 0 unspecified atom stereocenters. The van der Waals surface area contributed by atoms with Crippen LogP contribution in [0.25, 0.3) is 0 Å². The van der Waals surface area contributed by atoms with Crippen molar-refractivity contribution in [3.8, 4) is 5.75 Å². The second-order valence-corrected chi connectivity index (χ2v) is 3.62. The molecular formula is C14H10O5. The van der Waals surface area contributed by atoms with Gasteiger partial charge in [0.05, 0.1) is 5.56 Å². The summed E-state index contributed by atoms with van der Waals surface area (Å²) in [7, 11) is 0. The van der Waals surface area contributed by atoms with Gasteiger partial charge in [0.1, 0.15) is 5.56 Å². The van der Waals surface area contributed by atoms with Gasteiger partial charge in [-0.25, -0.2) is 14.5 Å². The van der Waals surface area contributed by atoms with Crippen molar-refractivity contribution < 1.29 is 24.5 Å². The maximum absolute atomic E-state index is 11.6. The van der Waals surface area contributed by atoms with Crippen LogP contribution in [0, 0.1) is 0 Å². The Morgan fingerprint density at radius 1 is 0.895 bits per heavy atom. The Morgan fingerprint density at radius 2 is 1.53 bits per heavy atom. The topological polar surface area (TPSA) is 72.8 Å². The molecule has 0 amide bonds. The lowest BCUT2D eigenvalue weighted by Gasteiger charge is -2.06. The molecule has 0 radical (unpaired) electrons. The van der Waals surface area contributed by atoms with E-state index >= 15 is 0 Å². The van der Waals surface area contributed by atoms with E-state index < -0.39 is 11.9 Å². The molecule has 2 aromatic carbocycles. The lowest BCUT2D eigenvalue weighted by molar-refractivity contribution is -0.149. The van der Waals surface area contributed by atoms with E-state index in [2.05, 4.69) is 4.89 Å². The predicted molar refractivity (Wildman–Crippen MR) is 65.9 cm³/mol. The molecule has 19 heavy (non-hydrogen) atoms. The van der Waals surface area contributed by atoms with Crippen LogP contribution in [0.3, 0.4) is 0 Å². The normalized spacial score (nSPS) is 9.68. The Balaban J connectivity index is 2.07. The van der Waals surface area contributed by atoms with Crippen LogP contribution in [0.4, 0.5) is 0 Å². The molecule has 0 saturated carbocycles. The van der Waals surface area contributed by atoms with E-state index in [1.807, 2.05) is 0 Å². The molecule has 5 heteroatoms. The Morgan fingerprint density at radius 3 is 2.21 bits per heavy atom. The van der Waals surface area contributed by atoms with E-state index in [1.54, 1.807) is 42.5 Å². The number of hydrogen-bond acceptors (Lipinski definition) is 4. The fraction of sp³-hybridized carbons (Fsp3) is 0. The summed E-state index contributed by atoms with van der Waals surface area (Å²) in [6.07, 6.45) is 0. The van der Waals surface area contributed by atoms with Crippen molar-refractivity contribution in [2.75, 3.05) is 0 Å². The van der Waals surface area contributed by atoms with Crippen LogP contribution >= 0.6 is 0 Å². The minimum Gasteiger partial charge on any atom is -0.478 e. The second-order valence-electron chi connectivity index (χ2n) is 3.62. The summed E-state index contributed by atoms with van der Waals surface area (Å²) in [5, 5.41) is 8.93. The Bertz CT molecular complexity index is 592. The van der Waals surface area contributed by atoms with Crippen LogP contribution in [-0.4, -0.2) is 17.0 Å². The SMILES string of the molecule is O=C(OOc1ccccc1C(=O)O)c1ccccc1. The molecule has 0 atom stereocenters. The molecule has 2 aromatic rings. The summed E-state index contributed by atoms with van der Waals surface area (Å²) in [6.45, 7) is 0. The lowest BCUT2D eigenvalue weighted by Crippen LogP contribution is -2.10. The third kappa shape index (κ3) is 3.10. The van der Waals surface area contributed by atoms with Gasteiger partial charge in [0.2, 0.25) is 0 Å². The second kappa shape index (κ2) is 5.68. The first-order chi connectivity index (χ1) is 9.18. The fourth-order valence-electron chi connectivity index (χ4n) is 1.42. The molecule has 5 nitrogen and oxygen atoms in total. The molecular weight excluding hydrogens is 248 g/mol. The van der Waals surface area contributed by atoms with Crippen molar-refractivity contribution in [1.82, 2.24) is 0 Å². The highest BCUT2D eigenvalue weighted by Crippen LogP contribution is 2.18. The molecule has 0 bridgehead atoms. The molecule has 0 spiro atoms. The smallest absolute Gasteiger partial charge is 0.386 e. The molecule has 0 saturated heterocycles. The van der Waals surface area contributed by atoms with Crippen LogP contribution in [0.1, 0.15) is 20.7 Å². The van der Waals surface area contributed by atoms with Crippen LogP contribution < -0.4 is 4.89 Å². The predicted octanol–water partition coefficient (Wildman–Crippen LogP) is 2.54. The van der Waals surface area contributed by atoms with Gasteiger partial charge < -0.3 is 5.11 Å². The van der Waals surface area contributed by atoms with E-state index in [1.165, 1.54) is 12.1 Å². The van der Waals surface area contributed by atoms with Gasteiger partial charge in [-0.2, -0.15) is 0 Å².